The molecule has 0 saturated carbocycles. The number of aryl methyl sites for hydroxylation is 1. The van der Waals surface area contributed by atoms with Gasteiger partial charge in [0.15, 0.2) is 5.13 Å². The Morgan fingerprint density at radius 3 is 2.59 bits per heavy atom. The van der Waals surface area contributed by atoms with Crippen molar-refractivity contribution in [2.75, 3.05) is 18.0 Å². The standard InChI is InChI=1S/C13H22N2OS/c1-4-13(5-2)6-7-15(9-13)12-14-10(3)11(8-16)17-12/h16H,4-9H2,1-3H3. The second-order valence-electron chi connectivity index (χ2n) is 5.04. The molecule has 0 radical (unpaired) electrons. The molecule has 0 aromatic carbocycles. The first-order valence-corrected chi connectivity index (χ1v) is 7.28. The van der Waals surface area contributed by atoms with Crippen LogP contribution in [0.1, 0.15) is 43.7 Å². The maximum Gasteiger partial charge on any atom is 0.185 e. The number of hydrogen-bond acceptors (Lipinski definition) is 4. The van der Waals surface area contributed by atoms with Gasteiger partial charge in [0.1, 0.15) is 0 Å². The van der Waals surface area contributed by atoms with Gasteiger partial charge >= 0.3 is 0 Å². The van der Waals surface area contributed by atoms with Crippen molar-refractivity contribution in [2.45, 2.75) is 46.6 Å². The van der Waals surface area contributed by atoms with Crippen molar-refractivity contribution in [1.29, 1.82) is 0 Å². The summed E-state index contributed by atoms with van der Waals surface area (Å²) in [6.07, 6.45) is 3.77. The van der Waals surface area contributed by atoms with Crippen LogP contribution in [-0.4, -0.2) is 23.2 Å². The maximum absolute atomic E-state index is 9.22. The van der Waals surface area contributed by atoms with Gasteiger partial charge in [0.25, 0.3) is 0 Å². The van der Waals surface area contributed by atoms with Crippen LogP contribution in [-0.2, 0) is 6.61 Å². The number of rotatable bonds is 4. The van der Waals surface area contributed by atoms with Crippen molar-refractivity contribution < 1.29 is 5.11 Å². The highest BCUT2D eigenvalue weighted by molar-refractivity contribution is 7.15. The van der Waals surface area contributed by atoms with Gasteiger partial charge in [-0.3, -0.25) is 0 Å². The number of nitrogens with zero attached hydrogens (tertiary/aromatic N) is 2. The van der Waals surface area contributed by atoms with Gasteiger partial charge in [-0.25, -0.2) is 4.98 Å². The largest absolute Gasteiger partial charge is 0.391 e. The Bertz CT molecular complexity index is 385. The molecule has 0 spiro atoms. The van der Waals surface area contributed by atoms with Crippen molar-refractivity contribution in [3.8, 4) is 0 Å². The summed E-state index contributed by atoms with van der Waals surface area (Å²) >= 11 is 1.64. The lowest BCUT2D eigenvalue weighted by atomic mass is 9.82. The van der Waals surface area contributed by atoms with Crippen LogP contribution in [0.2, 0.25) is 0 Å². The third kappa shape index (κ3) is 2.33. The Morgan fingerprint density at radius 2 is 2.12 bits per heavy atom. The van der Waals surface area contributed by atoms with E-state index in [0.717, 1.165) is 28.8 Å². The molecule has 0 amide bonds. The quantitative estimate of drug-likeness (QED) is 0.897. The van der Waals surface area contributed by atoms with Crippen molar-refractivity contribution in [3.63, 3.8) is 0 Å². The average molecular weight is 254 g/mol. The lowest BCUT2D eigenvalue weighted by molar-refractivity contribution is 0.284. The minimum absolute atomic E-state index is 0.115. The Morgan fingerprint density at radius 1 is 1.41 bits per heavy atom. The minimum Gasteiger partial charge on any atom is -0.391 e. The zero-order valence-corrected chi connectivity index (χ0v) is 11.8. The molecule has 1 saturated heterocycles. The first kappa shape index (κ1) is 12.8. The summed E-state index contributed by atoms with van der Waals surface area (Å²) in [4.78, 5) is 7.98. The fraction of sp³-hybridized carbons (Fsp3) is 0.769. The van der Waals surface area contributed by atoms with E-state index in [4.69, 9.17) is 0 Å². The van der Waals surface area contributed by atoms with E-state index in [2.05, 4.69) is 23.7 Å². The number of aliphatic hydroxyl groups excluding tert-OH is 1. The normalized spacial score (nSPS) is 18.9. The van der Waals surface area contributed by atoms with Crippen LogP contribution in [0.15, 0.2) is 0 Å². The molecular formula is C13H22N2OS. The molecule has 1 fully saturated rings. The highest BCUT2D eigenvalue weighted by atomic mass is 32.1. The molecule has 0 atom stereocenters. The lowest BCUT2D eigenvalue weighted by Gasteiger charge is -2.26. The summed E-state index contributed by atoms with van der Waals surface area (Å²) in [5.74, 6) is 0. The van der Waals surface area contributed by atoms with Gasteiger partial charge in [-0.15, -0.1) is 0 Å². The van der Waals surface area contributed by atoms with E-state index in [-0.39, 0.29) is 6.61 Å². The van der Waals surface area contributed by atoms with Crippen molar-refractivity contribution in [2.24, 2.45) is 5.41 Å². The van der Waals surface area contributed by atoms with Gasteiger partial charge in [0.2, 0.25) is 0 Å². The molecule has 0 unspecified atom stereocenters. The van der Waals surface area contributed by atoms with Gasteiger partial charge in [-0.1, -0.05) is 25.2 Å². The number of anilines is 1. The second-order valence-corrected chi connectivity index (χ2v) is 6.10. The molecule has 1 aromatic heterocycles. The SMILES string of the molecule is CCC1(CC)CCN(c2nc(C)c(CO)s2)C1. The lowest BCUT2D eigenvalue weighted by Crippen LogP contribution is -2.25. The van der Waals surface area contributed by atoms with Crippen LogP contribution < -0.4 is 4.90 Å². The maximum atomic E-state index is 9.22. The molecular weight excluding hydrogens is 232 g/mol. The monoisotopic (exact) mass is 254 g/mol. The van der Waals surface area contributed by atoms with Crippen LogP contribution in [0.3, 0.4) is 0 Å². The van der Waals surface area contributed by atoms with E-state index < -0.39 is 0 Å². The van der Waals surface area contributed by atoms with Crippen LogP contribution in [0.4, 0.5) is 5.13 Å². The first-order valence-electron chi connectivity index (χ1n) is 6.46. The fourth-order valence-electron chi connectivity index (χ4n) is 2.62. The number of aliphatic hydroxyl groups is 1. The van der Waals surface area contributed by atoms with Crippen molar-refractivity contribution in [3.05, 3.63) is 10.6 Å². The molecule has 2 rings (SSSR count). The van der Waals surface area contributed by atoms with E-state index in [1.807, 2.05) is 6.92 Å². The number of aromatic nitrogens is 1. The summed E-state index contributed by atoms with van der Waals surface area (Å²) in [6, 6.07) is 0. The predicted octanol–water partition coefficient (Wildman–Crippen LogP) is 2.96. The van der Waals surface area contributed by atoms with Gasteiger partial charge in [0, 0.05) is 13.1 Å². The Balaban J connectivity index is 2.14. The molecule has 1 aliphatic rings. The average Bonchev–Trinajstić information content (AvgIpc) is 2.93. The van der Waals surface area contributed by atoms with E-state index >= 15 is 0 Å². The summed E-state index contributed by atoms with van der Waals surface area (Å²) in [5, 5.41) is 10.3. The second kappa shape index (κ2) is 4.94. The van der Waals surface area contributed by atoms with Gasteiger partial charge in [0.05, 0.1) is 17.2 Å². The van der Waals surface area contributed by atoms with Crippen LogP contribution >= 0.6 is 11.3 Å². The van der Waals surface area contributed by atoms with Gasteiger partial charge in [-0.05, 0) is 31.6 Å². The highest BCUT2D eigenvalue weighted by Gasteiger charge is 2.36. The van der Waals surface area contributed by atoms with Crippen LogP contribution in [0, 0.1) is 12.3 Å². The molecule has 1 aromatic rings. The van der Waals surface area contributed by atoms with Crippen molar-refractivity contribution in [1.82, 2.24) is 4.98 Å². The number of hydrogen-bond donors (Lipinski definition) is 1. The molecule has 0 bridgehead atoms. The Labute approximate surface area is 107 Å². The third-order valence-corrected chi connectivity index (χ3v) is 5.44. The van der Waals surface area contributed by atoms with Crippen LogP contribution in [0.5, 0.6) is 0 Å². The first-order chi connectivity index (χ1) is 8.14. The molecule has 3 nitrogen and oxygen atoms in total. The van der Waals surface area contributed by atoms with E-state index in [9.17, 15) is 5.11 Å². The summed E-state index contributed by atoms with van der Waals surface area (Å²) in [7, 11) is 0. The zero-order valence-electron chi connectivity index (χ0n) is 11.0. The van der Waals surface area contributed by atoms with E-state index in [1.54, 1.807) is 11.3 Å². The summed E-state index contributed by atoms with van der Waals surface area (Å²) < 4.78 is 0. The summed E-state index contributed by atoms with van der Waals surface area (Å²) in [6.45, 7) is 8.91. The topological polar surface area (TPSA) is 36.4 Å². The smallest absolute Gasteiger partial charge is 0.185 e. The molecule has 96 valence electrons. The Hall–Kier alpha value is -0.610. The molecule has 17 heavy (non-hydrogen) atoms. The minimum atomic E-state index is 0.115. The third-order valence-electron chi connectivity index (χ3n) is 4.23. The van der Waals surface area contributed by atoms with Crippen LogP contribution in [0.25, 0.3) is 0 Å². The number of thiazole rings is 1. The zero-order chi connectivity index (χ0) is 12.5. The van der Waals surface area contributed by atoms with E-state index in [1.165, 1.54) is 19.3 Å². The van der Waals surface area contributed by atoms with Gasteiger partial charge in [-0.2, -0.15) is 0 Å². The van der Waals surface area contributed by atoms with E-state index in [0.29, 0.717) is 5.41 Å². The molecule has 0 aliphatic carbocycles. The fourth-order valence-corrected chi connectivity index (χ4v) is 3.57. The molecule has 1 aliphatic heterocycles. The molecule has 4 heteroatoms. The highest BCUT2D eigenvalue weighted by Crippen LogP contribution is 2.40. The molecule has 1 N–H and O–H groups in total. The van der Waals surface area contributed by atoms with Crippen molar-refractivity contribution >= 4 is 16.5 Å². The van der Waals surface area contributed by atoms with Gasteiger partial charge < -0.3 is 10.0 Å². The summed E-state index contributed by atoms with van der Waals surface area (Å²) in [5.41, 5.74) is 1.47. The molecule has 2 heterocycles. The Kier molecular flexibility index (Phi) is 3.73. The predicted molar refractivity (Wildman–Crippen MR) is 72.6 cm³/mol.